The minimum atomic E-state index is 0.741. The highest BCUT2D eigenvalue weighted by atomic mass is 32.1. The summed E-state index contributed by atoms with van der Waals surface area (Å²) >= 11 is 3.25. The lowest BCUT2D eigenvalue weighted by Crippen LogP contribution is -2.05. The van der Waals surface area contributed by atoms with Crippen LogP contribution in [0.25, 0.3) is 21.3 Å². The van der Waals surface area contributed by atoms with Crippen molar-refractivity contribution in [1.82, 2.24) is 4.98 Å². The summed E-state index contributed by atoms with van der Waals surface area (Å²) in [6, 6.07) is 8.34. The van der Waals surface area contributed by atoms with Crippen LogP contribution in [0.5, 0.6) is 0 Å². The van der Waals surface area contributed by atoms with Crippen LogP contribution < -0.4 is 11.3 Å². The van der Waals surface area contributed by atoms with E-state index in [2.05, 4.69) is 34.0 Å². The van der Waals surface area contributed by atoms with Crippen LogP contribution in [0.3, 0.4) is 0 Å². The number of nitrogen functional groups attached to an aromatic ring is 1. The molecule has 0 atom stereocenters. The van der Waals surface area contributed by atoms with E-state index in [0.717, 1.165) is 10.8 Å². The van der Waals surface area contributed by atoms with E-state index in [9.17, 15) is 0 Å². The van der Waals surface area contributed by atoms with E-state index >= 15 is 0 Å². The molecule has 0 saturated heterocycles. The van der Waals surface area contributed by atoms with Crippen LogP contribution >= 0.6 is 22.7 Å². The van der Waals surface area contributed by atoms with Crippen LogP contribution in [-0.4, -0.2) is 4.98 Å². The maximum absolute atomic E-state index is 5.33. The molecule has 2 aromatic heterocycles. The molecule has 0 bridgehead atoms. The molecule has 80 valence electrons. The van der Waals surface area contributed by atoms with Gasteiger partial charge in [-0.15, -0.1) is 22.7 Å². The zero-order valence-electron chi connectivity index (χ0n) is 8.31. The molecule has 0 fully saturated rings. The van der Waals surface area contributed by atoms with Gasteiger partial charge in [-0.25, -0.2) is 10.8 Å². The molecule has 0 saturated carbocycles. The lowest BCUT2D eigenvalue weighted by Gasteiger charge is -1.94. The summed E-state index contributed by atoms with van der Waals surface area (Å²) in [5.74, 6) is 5.33. The van der Waals surface area contributed by atoms with Gasteiger partial charge in [0.05, 0.1) is 5.69 Å². The van der Waals surface area contributed by atoms with Crippen molar-refractivity contribution in [2.24, 2.45) is 5.84 Å². The molecule has 0 aliphatic heterocycles. The number of nitrogens with one attached hydrogen (secondary N) is 1. The van der Waals surface area contributed by atoms with Gasteiger partial charge in [0, 0.05) is 26.4 Å². The molecular weight excluding hydrogens is 238 g/mol. The summed E-state index contributed by atoms with van der Waals surface area (Å²) in [7, 11) is 0. The average molecular weight is 247 g/mol. The van der Waals surface area contributed by atoms with Gasteiger partial charge in [0.25, 0.3) is 0 Å². The van der Waals surface area contributed by atoms with Gasteiger partial charge < -0.3 is 0 Å². The first kappa shape index (κ1) is 9.77. The highest BCUT2D eigenvalue weighted by molar-refractivity contribution is 7.18. The molecule has 0 amide bonds. The van der Waals surface area contributed by atoms with E-state index in [0.29, 0.717) is 0 Å². The van der Waals surface area contributed by atoms with Crippen molar-refractivity contribution in [1.29, 1.82) is 0 Å². The molecule has 3 rings (SSSR count). The fourth-order valence-corrected chi connectivity index (χ4v) is 3.22. The Kier molecular flexibility index (Phi) is 2.36. The number of thiophene rings is 1. The molecule has 3 aromatic rings. The number of benzene rings is 1. The van der Waals surface area contributed by atoms with E-state index in [1.54, 1.807) is 11.3 Å². The van der Waals surface area contributed by atoms with Crippen LogP contribution in [0.4, 0.5) is 5.13 Å². The highest BCUT2D eigenvalue weighted by Gasteiger charge is 2.08. The minimum absolute atomic E-state index is 0.741. The quantitative estimate of drug-likeness (QED) is 0.539. The van der Waals surface area contributed by atoms with Crippen molar-refractivity contribution in [3.8, 4) is 11.3 Å². The first-order valence-electron chi connectivity index (χ1n) is 4.77. The number of nitrogens with two attached hydrogens (primary N) is 1. The lowest BCUT2D eigenvalue weighted by atomic mass is 10.1. The summed E-state index contributed by atoms with van der Waals surface area (Å²) in [6.45, 7) is 0. The van der Waals surface area contributed by atoms with Gasteiger partial charge in [-0.2, -0.15) is 0 Å². The Morgan fingerprint density at radius 1 is 1.12 bits per heavy atom. The molecule has 0 aliphatic carbocycles. The van der Waals surface area contributed by atoms with Crippen molar-refractivity contribution < 1.29 is 0 Å². The van der Waals surface area contributed by atoms with Crippen molar-refractivity contribution in [2.45, 2.75) is 0 Å². The Morgan fingerprint density at radius 2 is 2.00 bits per heavy atom. The molecule has 0 aliphatic rings. The zero-order chi connectivity index (χ0) is 11.0. The van der Waals surface area contributed by atoms with Crippen molar-refractivity contribution in [3.05, 3.63) is 35.0 Å². The molecule has 16 heavy (non-hydrogen) atoms. The number of hydrazine groups is 1. The van der Waals surface area contributed by atoms with Gasteiger partial charge in [-0.05, 0) is 6.07 Å². The first-order valence-corrected chi connectivity index (χ1v) is 6.53. The molecule has 3 N–H and O–H groups in total. The topological polar surface area (TPSA) is 50.9 Å². The lowest BCUT2D eigenvalue weighted by molar-refractivity contribution is 1.29. The fourth-order valence-electron chi connectivity index (χ4n) is 1.64. The smallest absolute Gasteiger partial charge is 0.197 e. The predicted molar refractivity (Wildman–Crippen MR) is 70.7 cm³/mol. The van der Waals surface area contributed by atoms with Gasteiger partial charge in [0.1, 0.15) is 0 Å². The normalized spacial score (nSPS) is 10.8. The van der Waals surface area contributed by atoms with Gasteiger partial charge in [-0.1, -0.05) is 18.2 Å². The second-order valence-electron chi connectivity index (χ2n) is 3.33. The third-order valence-corrected chi connectivity index (χ3v) is 4.12. The highest BCUT2D eigenvalue weighted by Crippen LogP contribution is 2.34. The summed E-state index contributed by atoms with van der Waals surface area (Å²) in [6.07, 6.45) is 0. The van der Waals surface area contributed by atoms with E-state index in [1.165, 1.54) is 27.0 Å². The second-order valence-corrected chi connectivity index (χ2v) is 5.10. The zero-order valence-corrected chi connectivity index (χ0v) is 9.94. The minimum Gasteiger partial charge on any atom is -0.300 e. The maximum Gasteiger partial charge on any atom is 0.197 e. The van der Waals surface area contributed by atoms with Crippen LogP contribution in [0.1, 0.15) is 0 Å². The molecule has 1 aromatic carbocycles. The predicted octanol–water partition coefficient (Wildman–Crippen LogP) is 3.31. The van der Waals surface area contributed by atoms with Gasteiger partial charge in [0.15, 0.2) is 5.13 Å². The Balaban J connectivity index is 2.18. The van der Waals surface area contributed by atoms with Crippen LogP contribution in [0.15, 0.2) is 35.0 Å². The summed E-state index contributed by atoms with van der Waals surface area (Å²) in [4.78, 5) is 4.41. The Hall–Kier alpha value is -1.43. The van der Waals surface area contributed by atoms with E-state index in [-0.39, 0.29) is 0 Å². The largest absolute Gasteiger partial charge is 0.300 e. The van der Waals surface area contributed by atoms with E-state index in [4.69, 9.17) is 5.84 Å². The van der Waals surface area contributed by atoms with Gasteiger partial charge in [-0.3, -0.25) is 5.43 Å². The number of fused-ring (bicyclic) bond motifs is 1. The van der Waals surface area contributed by atoms with Crippen molar-refractivity contribution in [2.75, 3.05) is 5.43 Å². The molecular formula is C11H9N3S2. The Morgan fingerprint density at radius 3 is 2.81 bits per heavy atom. The molecule has 2 heterocycles. The van der Waals surface area contributed by atoms with E-state index in [1.807, 2.05) is 11.4 Å². The van der Waals surface area contributed by atoms with E-state index < -0.39 is 0 Å². The van der Waals surface area contributed by atoms with Crippen LogP contribution in [-0.2, 0) is 0 Å². The standard InChI is InChI=1S/C11H9N3S2/c12-14-11-13-9(6-16-11)8-5-15-10-4-2-1-3-7(8)10/h1-6H,12H2,(H,13,14). The number of hydrogen-bond acceptors (Lipinski definition) is 5. The molecule has 0 radical (unpaired) electrons. The average Bonchev–Trinajstić information content (AvgIpc) is 2.94. The Bertz CT molecular complexity index is 627. The molecule has 0 unspecified atom stereocenters. The third kappa shape index (κ3) is 1.49. The van der Waals surface area contributed by atoms with Gasteiger partial charge >= 0.3 is 0 Å². The fraction of sp³-hybridized carbons (Fsp3) is 0. The van der Waals surface area contributed by atoms with Crippen LogP contribution in [0, 0.1) is 0 Å². The maximum atomic E-state index is 5.33. The monoisotopic (exact) mass is 247 g/mol. The number of thiazole rings is 1. The number of rotatable bonds is 2. The number of hydrogen-bond donors (Lipinski definition) is 2. The third-order valence-electron chi connectivity index (χ3n) is 2.38. The summed E-state index contributed by atoms with van der Waals surface area (Å²) in [5.41, 5.74) is 4.73. The first-order chi connectivity index (χ1) is 7.88. The summed E-state index contributed by atoms with van der Waals surface area (Å²) in [5, 5.41) is 6.15. The SMILES string of the molecule is NNc1nc(-c2csc3ccccc23)cs1. The molecule has 3 nitrogen and oxygen atoms in total. The second kappa shape index (κ2) is 3.86. The summed E-state index contributed by atoms with van der Waals surface area (Å²) < 4.78 is 1.28. The molecule has 5 heteroatoms. The number of nitrogens with zero attached hydrogens (tertiary/aromatic N) is 1. The Labute approximate surface area is 101 Å². The number of anilines is 1. The van der Waals surface area contributed by atoms with Crippen LogP contribution in [0.2, 0.25) is 0 Å². The number of aromatic nitrogens is 1. The molecule has 0 spiro atoms. The van der Waals surface area contributed by atoms with Gasteiger partial charge in [0.2, 0.25) is 0 Å². The van der Waals surface area contributed by atoms with Crippen molar-refractivity contribution >= 4 is 37.9 Å². The van der Waals surface area contributed by atoms with Crippen molar-refractivity contribution in [3.63, 3.8) is 0 Å².